The summed E-state index contributed by atoms with van der Waals surface area (Å²) in [5.74, 6) is -0.724. The Balaban J connectivity index is 2.09. The lowest BCUT2D eigenvalue weighted by molar-refractivity contribution is -0.117. The SMILES string of the molecule is CN=C1C(=O)NCCC1=C(N)C(=O)NCc1ccc(Cl)cc1. The largest absolute Gasteiger partial charge is 0.394 e. The van der Waals surface area contributed by atoms with Crippen molar-refractivity contribution in [2.45, 2.75) is 13.0 Å². The van der Waals surface area contributed by atoms with E-state index in [1.54, 1.807) is 12.1 Å². The Kier molecular flexibility index (Phi) is 5.16. The molecule has 0 atom stereocenters. The number of hydrogen-bond donors (Lipinski definition) is 3. The second kappa shape index (κ2) is 7.09. The summed E-state index contributed by atoms with van der Waals surface area (Å²) in [6, 6.07) is 7.13. The van der Waals surface area contributed by atoms with E-state index >= 15 is 0 Å². The van der Waals surface area contributed by atoms with Crippen LogP contribution in [0.4, 0.5) is 0 Å². The van der Waals surface area contributed by atoms with Crippen LogP contribution in [0.2, 0.25) is 5.02 Å². The lowest BCUT2D eigenvalue weighted by atomic mass is 9.99. The summed E-state index contributed by atoms with van der Waals surface area (Å²) in [5.41, 5.74) is 7.53. The molecule has 4 N–H and O–H groups in total. The Bertz CT molecular complexity index is 650. The van der Waals surface area contributed by atoms with Gasteiger partial charge in [-0.1, -0.05) is 23.7 Å². The van der Waals surface area contributed by atoms with Gasteiger partial charge in [-0.25, -0.2) is 0 Å². The van der Waals surface area contributed by atoms with Gasteiger partial charge in [-0.05, 0) is 24.1 Å². The summed E-state index contributed by atoms with van der Waals surface area (Å²) in [6.07, 6.45) is 0.485. The van der Waals surface area contributed by atoms with E-state index in [1.807, 2.05) is 12.1 Å². The number of piperidine rings is 1. The maximum absolute atomic E-state index is 12.1. The molecule has 1 saturated heterocycles. The molecule has 0 aliphatic carbocycles. The number of carbonyl (C=O) groups is 2. The lowest BCUT2D eigenvalue weighted by Crippen LogP contribution is -2.41. The van der Waals surface area contributed by atoms with Crippen LogP contribution in [-0.2, 0) is 16.1 Å². The van der Waals surface area contributed by atoms with Crippen LogP contribution in [0.15, 0.2) is 40.5 Å². The fraction of sp³-hybridized carbons (Fsp3) is 0.267. The molecule has 1 aromatic carbocycles. The van der Waals surface area contributed by atoms with E-state index in [4.69, 9.17) is 17.3 Å². The molecular weight excluding hydrogens is 304 g/mol. The quantitative estimate of drug-likeness (QED) is 0.717. The Morgan fingerprint density at radius 2 is 2.09 bits per heavy atom. The zero-order valence-electron chi connectivity index (χ0n) is 12.1. The van der Waals surface area contributed by atoms with Crippen LogP contribution in [0.3, 0.4) is 0 Å². The number of amides is 2. The molecule has 1 aliphatic heterocycles. The van der Waals surface area contributed by atoms with Crippen LogP contribution < -0.4 is 16.4 Å². The molecule has 0 unspecified atom stereocenters. The van der Waals surface area contributed by atoms with Crippen molar-refractivity contribution < 1.29 is 9.59 Å². The summed E-state index contributed by atoms with van der Waals surface area (Å²) in [7, 11) is 1.50. The lowest BCUT2D eigenvalue weighted by Gasteiger charge is -2.19. The minimum absolute atomic E-state index is 0.0319. The van der Waals surface area contributed by atoms with Crippen molar-refractivity contribution >= 4 is 29.1 Å². The highest BCUT2D eigenvalue weighted by atomic mass is 35.5. The van der Waals surface area contributed by atoms with E-state index in [-0.39, 0.29) is 17.3 Å². The van der Waals surface area contributed by atoms with E-state index in [1.165, 1.54) is 7.05 Å². The first-order valence-electron chi connectivity index (χ1n) is 6.79. The van der Waals surface area contributed by atoms with Crippen LogP contribution >= 0.6 is 11.6 Å². The van der Waals surface area contributed by atoms with Crippen molar-refractivity contribution in [1.29, 1.82) is 0 Å². The second-order valence-corrected chi connectivity index (χ2v) is 5.22. The van der Waals surface area contributed by atoms with Crippen molar-refractivity contribution in [1.82, 2.24) is 10.6 Å². The van der Waals surface area contributed by atoms with Crippen molar-refractivity contribution in [3.05, 3.63) is 46.1 Å². The molecule has 1 aromatic rings. The number of aliphatic imine (C=N–C) groups is 1. The highest BCUT2D eigenvalue weighted by molar-refractivity contribution is 6.46. The molecular formula is C15H17ClN4O2. The molecule has 0 bridgehead atoms. The average Bonchev–Trinajstić information content (AvgIpc) is 2.53. The summed E-state index contributed by atoms with van der Waals surface area (Å²) >= 11 is 5.81. The molecule has 116 valence electrons. The second-order valence-electron chi connectivity index (χ2n) is 4.78. The number of nitrogens with zero attached hydrogens (tertiary/aromatic N) is 1. The Labute approximate surface area is 133 Å². The fourth-order valence-corrected chi connectivity index (χ4v) is 2.28. The Hall–Kier alpha value is -2.34. The van der Waals surface area contributed by atoms with Gasteiger partial charge < -0.3 is 16.4 Å². The number of carbonyl (C=O) groups excluding carboxylic acids is 2. The molecule has 0 spiro atoms. The maximum Gasteiger partial charge on any atom is 0.269 e. The third-order valence-electron chi connectivity index (χ3n) is 3.32. The normalized spacial score (nSPS) is 18.8. The van der Waals surface area contributed by atoms with Crippen LogP contribution in [0.1, 0.15) is 12.0 Å². The molecule has 6 nitrogen and oxygen atoms in total. The molecule has 1 aliphatic rings. The monoisotopic (exact) mass is 320 g/mol. The fourth-order valence-electron chi connectivity index (χ4n) is 2.16. The predicted molar refractivity (Wildman–Crippen MR) is 85.5 cm³/mol. The smallest absolute Gasteiger partial charge is 0.269 e. The Morgan fingerprint density at radius 3 is 2.73 bits per heavy atom. The summed E-state index contributed by atoms with van der Waals surface area (Å²) in [5, 5.41) is 6.02. The number of hydrogen-bond acceptors (Lipinski definition) is 4. The van der Waals surface area contributed by atoms with Gasteiger partial charge in [0.2, 0.25) is 0 Å². The zero-order chi connectivity index (χ0) is 16.1. The van der Waals surface area contributed by atoms with E-state index in [0.29, 0.717) is 30.1 Å². The van der Waals surface area contributed by atoms with Crippen LogP contribution in [0.25, 0.3) is 0 Å². The van der Waals surface area contributed by atoms with Crippen molar-refractivity contribution in [2.75, 3.05) is 13.6 Å². The molecule has 0 aromatic heterocycles. The van der Waals surface area contributed by atoms with Gasteiger partial charge >= 0.3 is 0 Å². The van der Waals surface area contributed by atoms with E-state index < -0.39 is 5.91 Å². The number of rotatable bonds is 3. The zero-order valence-corrected chi connectivity index (χ0v) is 12.9. The molecule has 2 amide bonds. The van der Waals surface area contributed by atoms with Crippen molar-refractivity contribution in [2.24, 2.45) is 10.7 Å². The van der Waals surface area contributed by atoms with Gasteiger partial charge in [-0.2, -0.15) is 0 Å². The highest BCUT2D eigenvalue weighted by Gasteiger charge is 2.25. The molecule has 0 radical (unpaired) electrons. The molecule has 2 rings (SSSR count). The van der Waals surface area contributed by atoms with Gasteiger partial charge in [0, 0.05) is 30.7 Å². The number of nitrogens with one attached hydrogen (secondary N) is 2. The van der Waals surface area contributed by atoms with Crippen molar-refractivity contribution in [3.63, 3.8) is 0 Å². The highest BCUT2D eigenvalue weighted by Crippen LogP contribution is 2.13. The van der Waals surface area contributed by atoms with E-state index in [2.05, 4.69) is 15.6 Å². The average molecular weight is 321 g/mol. The topological polar surface area (TPSA) is 96.6 Å². The van der Waals surface area contributed by atoms with Gasteiger partial charge in [-0.15, -0.1) is 0 Å². The van der Waals surface area contributed by atoms with Crippen molar-refractivity contribution in [3.8, 4) is 0 Å². The van der Waals surface area contributed by atoms with Crippen LogP contribution in [-0.4, -0.2) is 31.1 Å². The first-order valence-corrected chi connectivity index (χ1v) is 7.17. The maximum atomic E-state index is 12.1. The van der Waals surface area contributed by atoms with E-state index in [0.717, 1.165) is 5.56 Å². The minimum atomic E-state index is -0.416. The van der Waals surface area contributed by atoms with Crippen LogP contribution in [0.5, 0.6) is 0 Å². The van der Waals surface area contributed by atoms with Gasteiger partial charge in [0.05, 0.1) is 0 Å². The summed E-state index contributed by atoms with van der Waals surface area (Å²) < 4.78 is 0. The molecule has 1 fully saturated rings. The molecule has 0 saturated carbocycles. The summed E-state index contributed by atoms with van der Waals surface area (Å²) in [4.78, 5) is 27.8. The van der Waals surface area contributed by atoms with E-state index in [9.17, 15) is 9.59 Å². The molecule has 22 heavy (non-hydrogen) atoms. The third kappa shape index (κ3) is 3.65. The first kappa shape index (κ1) is 16.0. The minimum Gasteiger partial charge on any atom is -0.394 e. The number of halogens is 1. The van der Waals surface area contributed by atoms with Gasteiger partial charge in [0.15, 0.2) is 0 Å². The van der Waals surface area contributed by atoms with Crippen LogP contribution in [0, 0.1) is 0 Å². The van der Waals surface area contributed by atoms with Gasteiger partial charge in [0.25, 0.3) is 11.8 Å². The summed E-state index contributed by atoms with van der Waals surface area (Å²) in [6.45, 7) is 0.771. The molecule has 7 heteroatoms. The number of nitrogens with two attached hydrogens (primary N) is 1. The Morgan fingerprint density at radius 1 is 1.41 bits per heavy atom. The third-order valence-corrected chi connectivity index (χ3v) is 3.57. The number of benzene rings is 1. The standard InChI is InChI=1S/C15H17ClN4O2/c1-18-13-11(6-7-19-15(13)22)12(17)14(21)20-8-9-2-4-10(16)5-3-9/h2-5H,6-8,17H2,1H3,(H,19,22)(H,20,21). The first-order chi connectivity index (χ1) is 10.5. The predicted octanol–water partition coefficient (Wildman–Crippen LogP) is 0.760. The van der Waals surface area contributed by atoms with Gasteiger partial charge in [-0.3, -0.25) is 14.6 Å². The molecule has 1 heterocycles. The van der Waals surface area contributed by atoms with Gasteiger partial charge in [0.1, 0.15) is 11.4 Å².